The van der Waals surface area contributed by atoms with E-state index >= 15 is 0 Å². The number of carbonyl (C=O) groups is 1. The lowest BCUT2D eigenvalue weighted by Gasteiger charge is -2.16. The van der Waals surface area contributed by atoms with Gasteiger partial charge in [-0.1, -0.05) is 12.1 Å². The largest absolute Gasteiger partial charge is 0.467 e. The summed E-state index contributed by atoms with van der Waals surface area (Å²) < 4.78 is 43.9. The average Bonchev–Trinajstić information content (AvgIpc) is 3.06. The summed E-state index contributed by atoms with van der Waals surface area (Å²) in [5.41, 5.74) is 5.18. The predicted octanol–water partition coefficient (Wildman–Crippen LogP) is 3.05. The van der Waals surface area contributed by atoms with E-state index in [0.29, 0.717) is 0 Å². The molecule has 2 aliphatic heterocycles. The molecular formula is C15H14F3NO2S. The highest BCUT2D eigenvalue weighted by atomic mass is 32.2. The molecule has 0 radical (unpaired) electrons. The van der Waals surface area contributed by atoms with Gasteiger partial charge in [0.1, 0.15) is 0 Å². The lowest BCUT2D eigenvalue weighted by atomic mass is 9.92. The molecule has 2 N–H and O–H groups in total. The molecule has 1 aromatic carbocycles. The summed E-state index contributed by atoms with van der Waals surface area (Å²) in [6, 6.07) is 4.62. The van der Waals surface area contributed by atoms with Gasteiger partial charge in [-0.3, -0.25) is 4.79 Å². The van der Waals surface area contributed by atoms with Crippen LogP contribution in [-0.4, -0.2) is 23.4 Å². The number of nitrogens with two attached hydrogens (primary N) is 1. The van der Waals surface area contributed by atoms with Crippen molar-refractivity contribution in [3.05, 3.63) is 41.3 Å². The lowest BCUT2D eigenvalue weighted by molar-refractivity contribution is -0.137. The summed E-state index contributed by atoms with van der Waals surface area (Å²) in [5, 5.41) is 0. The molecule has 0 aliphatic carbocycles. The number of ether oxygens (including phenoxy) is 1. The summed E-state index contributed by atoms with van der Waals surface area (Å²) >= 11 is 1.73. The number of hydrogen-bond acceptors (Lipinski definition) is 4. The van der Waals surface area contributed by atoms with Crippen molar-refractivity contribution in [1.82, 2.24) is 0 Å². The Balaban J connectivity index is 1.91. The molecule has 0 saturated carbocycles. The zero-order valence-corrected chi connectivity index (χ0v) is 12.3. The van der Waals surface area contributed by atoms with Crippen molar-refractivity contribution in [1.29, 1.82) is 0 Å². The molecule has 0 aromatic heterocycles. The zero-order chi connectivity index (χ0) is 15.9. The summed E-state index contributed by atoms with van der Waals surface area (Å²) in [4.78, 5) is 12.5. The minimum absolute atomic E-state index is 0.0630. The van der Waals surface area contributed by atoms with Crippen LogP contribution >= 0.6 is 11.8 Å². The Hall–Kier alpha value is -1.63. The SMILES string of the molecule is NC1=C(c2cccc(C(F)(F)F)c2)C(=O)C(C2CCSC2)O1. The van der Waals surface area contributed by atoms with Gasteiger partial charge in [0.2, 0.25) is 5.78 Å². The second-order valence-corrected chi connectivity index (χ2v) is 6.49. The Kier molecular flexibility index (Phi) is 3.84. The maximum absolute atomic E-state index is 12.8. The smallest absolute Gasteiger partial charge is 0.416 e. The van der Waals surface area contributed by atoms with E-state index in [2.05, 4.69) is 0 Å². The van der Waals surface area contributed by atoms with Crippen molar-refractivity contribution in [3.63, 3.8) is 0 Å². The third kappa shape index (κ3) is 2.69. The highest BCUT2D eigenvalue weighted by Crippen LogP contribution is 2.38. The molecule has 3 nitrogen and oxygen atoms in total. The highest BCUT2D eigenvalue weighted by molar-refractivity contribution is 7.99. The third-order valence-electron chi connectivity index (χ3n) is 3.88. The molecule has 3 rings (SSSR count). The van der Waals surface area contributed by atoms with Crippen molar-refractivity contribution in [2.75, 3.05) is 11.5 Å². The van der Waals surface area contributed by atoms with Gasteiger partial charge in [-0.2, -0.15) is 24.9 Å². The molecule has 22 heavy (non-hydrogen) atoms. The average molecular weight is 329 g/mol. The first-order valence-electron chi connectivity index (χ1n) is 6.84. The number of Topliss-reactive ketones (excluding diaryl/α,β-unsaturated/α-hetero) is 1. The van der Waals surface area contributed by atoms with Gasteiger partial charge in [-0.15, -0.1) is 0 Å². The van der Waals surface area contributed by atoms with Crippen LogP contribution in [-0.2, 0) is 15.7 Å². The van der Waals surface area contributed by atoms with Gasteiger partial charge in [-0.25, -0.2) is 0 Å². The normalized spacial score (nSPS) is 25.7. The number of thioether (sulfide) groups is 1. The summed E-state index contributed by atoms with van der Waals surface area (Å²) in [6.45, 7) is 0. The number of ketones is 1. The van der Waals surface area contributed by atoms with E-state index in [9.17, 15) is 18.0 Å². The number of hydrogen-bond donors (Lipinski definition) is 1. The van der Waals surface area contributed by atoms with Gasteiger partial charge in [-0.05, 0) is 29.9 Å². The number of alkyl halides is 3. The maximum atomic E-state index is 12.8. The standard InChI is InChI=1S/C15H14F3NO2S/c16-15(17,18)10-3-1-2-8(6-10)11-12(20)13(21-14(11)19)9-4-5-22-7-9/h1-3,6,9,13H,4-5,7,19H2. The second-order valence-electron chi connectivity index (χ2n) is 5.34. The van der Waals surface area contributed by atoms with Gasteiger partial charge in [0.25, 0.3) is 0 Å². The molecule has 7 heteroatoms. The fourth-order valence-electron chi connectivity index (χ4n) is 2.75. The number of benzene rings is 1. The monoisotopic (exact) mass is 329 g/mol. The molecule has 118 valence electrons. The molecule has 1 aromatic rings. The molecule has 2 unspecified atom stereocenters. The zero-order valence-electron chi connectivity index (χ0n) is 11.5. The summed E-state index contributed by atoms with van der Waals surface area (Å²) in [7, 11) is 0. The Bertz CT molecular complexity index is 636. The molecule has 0 spiro atoms. The van der Waals surface area contributed by atoms with Crippen LogP contribution in [0.3, 0.4) is 0 Å². The molecule has 0 bridgehead atoms. The van der Waals surface area contributed by atoms with E-state index in [0.717, 1.165) is 30.1 Å². The van der Waals surface area contributed by atoms with Gasteiger partial charge < -0.3 is 10.5 Å². The number of rotatable bonds is 2. The van der Waals surface area contributed by atoms with Crippen LogP contribution < -0.4 is 5.73 Å². The molecule has 2 aliphatic rings. The lowest BCUT2D eigenvalue weighted by Crippen LogP contribution is -2.28. The fourth-order valence-corrected chi connectivity index (χ4v) is 4.03. The van der Waals surface area contributed by atoms with Crippen molar-refractivity contribution in [3.8, 4) is 0 Å². The van der Waals surface area contributed by atoms with Crippen LogP contribution in [0, 0.1) is 5.92 Å². The maximum Gasteiger partial charge on any atom is 0.416 e. The van der Waals surface area contributed by atoms with Crippen LogP contribution in [0.2, 0.25) is 0 Å². The van der Waals surface area contributed by atoms with Crippen molar-refractivity contribution in [2.45, 2.75) is 18.7 Å². The summed E-state index contributed by atoms with van der Waals surface area (Å²) in [5.74, 6) is 1.44. The van der Waals surface area contributed by atoms with Crippen molar-refractivity contribution >= 4 is 23.1 Å². The molecule has 0 amide bonds. The van der Waals surface area contributed by atoms with Gasteiger partial charge in [0.15, 0.2) is 12.0 Å². The molecule has 1 fully saturated rings. The molecule has 2 heterocycles. The quantitative estimate of drug-likeness (QED) is 0.906. The van der Waals surface area contributed by atoms with Crippen LogP contribution in [0.15, 0.2) is 30.1 Å². The number of carbonyl (C=O) groups excluding carboxylic acids is 1. The van der Waals surface area contributed by atoms with Gasteiger partial charge in [0, 0.05) is 11.7 Å². The van der Waals surface area contributed by atoms with Crippen LogP contribution in [0.1, 0.15) is 17.5 Å². The summed E-state index contributed by atoms with van der Waals surface area (Å²) in [6.07, 6.45) is -4.28. The molecular weight excluding hydrogens is 315 g/mol. The van der Waals surface area contributed by atoms with E-state index in [-0.39, 0.29) is 28.7 Å². The molecule has 1 saturated heterocycles. The van der Waals surface area contributed by atoms with Gasteiger partial charge in [0.05, 0.1) is 11.1 Å². The highest BCUT2D eigenvalue weighted by Gasteiger charge is 2.41. The number of halogens is 3. The Morgan fingerprint density at radius 1 is 1.32 bits per heavy atom. The Morgan fingerprint density at radius 2 is 2.09 bits per heavy atom. The minimum atomic E-state index is -4.46. The third-order valence-corrected chi connectivity index (χ3v) is 5.07. The van der Waals surface area contributed by atoms with Crippen LogP contribution in [0.5, 0.6) is 0 Å². The molecule has 2 atom stereocenters. The van der Waals surface area contributed by atoms with E-state index in [1.54, 1.807) is 11.8 Å². The van der Waals surface area contributed by atoms with Crippen molar-refractivity contribution in [2.24, 2.45) is 11.7 Å². The predicted molar refractivity (Wildman–Crippen MR) is 77.9 cm³/mol. The van der Waals surface area contributed by atoms with E-state index in [1.165, 1.54) is 12.1 Å². The van der Waals surface area contributed by atoms with Crippen LogP contribution in [0.4, 0.5) is 13.2 Å². The van der Waals surface area contributed by atoms with E-state index in [1.807, 2.05) is 0 Å². The minimum Gasteiger partial charge on any atom is -0.467 e. The van der Waals surface area contributed by atoms with E-state index in [4.69, 9.17) is 10.5 Å². The second kappa shape index (κ2) is 5.53. The Labute approximate surface area is 129 Å². The fraction of sp³-hybridized carbons (Fsp3) is 0.400. The van der Waals surface area contributed by atoms with Crippen LogP contribution in [0.25, 0.3) is 5.57 Å². The van der Waals surface area contributed by atoms with Crippen molar-refractivity contribution < 1.29 is 22.7 Å². The topological polar surface area (TPSA) is 52.3 Å². The Morgan fingerprint density at radius 3 is 2.73 bits per heavy atom. The van der Waals surface area contributed by atoms with Gasteiger partial charge >= 0.3 is 6.18 Å². The first-order chi connectivity index (χ1) is 10.4. The van der Waals surface area contributed by atoms with E-state index < -0.39 is 17.8 Å². The first kappa shape index (κ1) is 15.3. The first-order valence-corrected chi connectivity index (χ1v) is 7.99.